The molecule has 30 heavy (non-hydrogen) atoms. The predicted octanol–water partition coefficient (Wildman–Crippen LogP) is 6.29. The van der Waals surface area contributed by atoms with E-state index in [2.05, 4.69) is 31.9 Å². The quantitative estimate of drug-likeness (QED) is 0.234. The second kappa shape index (κ2) is 10.5. The number of rotatable bonds is 8. The number of fused-ring (bicyclic) bond motifs is 1. The second-order valence-electron chi connectivity index (χ2n) is 6.76. The maximum Gasteiger partial charge on any atom is 0.303 e. The van der Waals surface area contributed by atoms with Crippen molar-refractivity contribution in [1.29, 1.82) is 0 Å². The highest BCUT2D eigenvalue weighted by Crippen LogP contribution is 2.37. The lowest BCUT2D eigenvalue weighted by atomic mass is 9.97. The number of benzene rings is 2. The van der Waals surface area contributed by atoms with Crippen LogP contribution in [-0.4, -0.2) is 30.1 Å². The topological polar surface area (TPSA) is 72.8 Å². The number of carbonyl (C=O) groups excluding carboxylic acids is 1. The van der Waals surface area contributed by atoms with Crippen LogP contribution in [0.3, 0.4) is 0 Å². The predicted molar refractivity (Wildman–Crippen MR) is 123 cm³/mol. The highest BCUT2D eigenvalue weighted by atomic mass is 79.9. The molecule has 0 fully saturated rings. The lowest BCUT2D eigenvalue weighted by Crippen LogP contribution is -2.19. The van der Waals surface area contributed by atoms with Crippen LogP contribution < -0.4 is 9.47 Å². The number of alkyl halides is 1. The minimum absolute atomic E-state index is 0.0779. The third-order valence-electron chi connectivity index (χ3n) is 4.50. The zero-order valence-electron chi connectivity index (χ0n) is 15.9. The van der Waals surface area contributed by atoms with Crippen molar-refractivity contribution in [3.63, 3.8) is 0 Å². The summed E-state index contributed by atoms with van der Waals surface area (Å²) in [6.07, 6.45) is 3.03. The van der Waals surface area contributed by atoms with Gasteiger partial charge in [0.15, 0.2) is 5.78 Å². The maximum atomic E-state index is 13.0. The molecule has 1 aliphatic heterocycles. The molecule has 0 aliphatic carbocycles. The van der Waals surface area contributed by atoms with Gasteiger partial charge in [-0.1, -0.05) is 33.6 Å². The molecule has 0 saturated heterocycles. The Balaban J connectivity index is 1.76. The Morgan fingerprint density at radius 2 is 2.07 bits per heavy atom. The molecule has 1 aliphatic rings. The third kappa shape index (κ3) is 5.65. The molecule has 1 heterocycles. The molecule has 0 aromatic heterocycles. The lowest BCUT2D eigenvalue weighted by Gasteiger charge is -2.21. The van der Waals surface area contributed by atoms with Crippen LogP contribution in [0.4, 0.5) is 0 Å². The van der Waals surface area contributed by atoms with E-state index in [1.54, 1.807) is 24.3 Å². The molecular weight excluding hydrogens is 539 g/mol. The van der Waals surface area contributed by atoms with Crippen molar-refractivity contribution >= 4 is 61.3 Å². The summed E-state index contributed by atoms with van der Waals surface area (Å²) >= 11 is 13.1. The van der Waals surface area contributed by atoms with Crippen molar-refractivity contribution in [2.24, 2.45) is 0 Å². The average molecular weight is 559 g/mol. The number of aliphatic carboxylic acids is 1. The van der Waals surface area contributed by atoms with E-state index in [0.29, 0.717) is 52.4 Å². The van der Waals surface area contributed by atoms with Crippen LogP contribution in [0.2, 0.25) is 5.02 Å². The van der Waals surface area contributed by atoms with Gasteiger partial charge in [0.2, 0.25) is 0 Å². The van der Waals surface area contributed by atoms with Crippen LogP contribution >= 0.6 is 43.5 Å². The van der Waals surface area contributed by atoms with Gasteiger partial charge in [-0.2, -0.15) is 0 Å². The van der Waals surface area contributed by atoms with E-state index in [1.807, 2.05) is 12.1 Å². The summed E-state index contributed by atoms with van der Waals surface area (Å²) in [7, 11) is 0. The summed E-state index contributed by atoms with van der Waals surface area (Å²) in [5.74, 6) is 0.155. The molecule has 0 radical (unpaired) electrons. The Morgan fingerprint density at radius 3 is 2.80 bits per heavy atom. The van der Waals surface area contributed by atoms with Gasteiger partial charge < -0.3 is 14.6 Å². The molecule has 0 unspecified atom stereocenters. The number of carboxylic acids is 1. The van der Waals surface area contributed by atoms with Crippen LogP contribution in [0, 0.1) is 0 Å². The number of ketones is 1. The van der Waals surface area contributed by atoms with Crippen molar-refractivity contribution in [3.8, 4) is 11.5 Å². The Hall–Kier alpha value is -1.83. The minimum atomic E-state index is -0.821. The normalized spacial score (nSPS) is 14.4. The van der Waals surface area contributed by atoms with Crippen molar-refractivity contribution in [1.82, 2.24) is 0 Å². The summed E-state index contributed by atoms with van der Waals surface area (Å²) < 4.78 is 12.3. The first kappa shape index (κ1) is 22.8. The highest BCUT2D eigenvalue weighted by molar-refractivity contribution is 9.10. The number of hydrogen-bond donors (Lipinski definition) is 1. The first-order valence-electron chi connectivity index (χ1n) is 9.29. The summed E-state index contributed by atoms with van der Waals surface area (Å²) in [6, 6.07) is 9.04. The van der Waals surface area contributed by atoms with E-state index in [4.69, 9.17) is 26.2 Å². The second-order valence-corrected chi connectivity index (χ2v) is 8.59. The van der Waals surface area contributed by atoms with Gasteiger partial charge in [-0.3, -0.25) is 9.59 Å². The van der Waals surface area contributed by atoms with Crippen LogP contribution in [-0.2, 0) is 10.1 Å². The van der Waals surface area contributed by atoms with Crippen molar-refractivity contribution < 1.29 is 24.2 Å². The molecule has 0 atom stereocenters. The summed E-state index contributed by atoms with van der Waals surface area (Å²) in [4.78, 5) is 23.6. The molecule has 0 amide bonds. The SMILES string of the molecule is O=C(O)CCCCOc1cc(C=C2COc3c(Br)cc(CBr)cc3C2=O)ccc1Cl. The summed E-state index contributed by atoms with van der Waals surface area (Å²) in [5.41, 5.74) is 2.81. The van der Waals surface area contributed by atoms with Crippen LogP contribution in [0.1, 0.15) is 40.7 Å². The minimum Gasteiger partial charge on any atom is -0.492 e. The standard InChI is InChI=1S/C22H19Br2ClO5/c23-11-14-8-16-21(28)15(12-30-22(16)17(24)9-14)7-13-4-5-18(25)19(10-13)29-6-2-1-3-20(26)27/h4-5,7-10H,1-3,6,11-12H2,(H,26,27). The van der Waals surface area contributed by atoms with Gasteiger partial charge >= 0.3 is 5.97 Å². The molecule has 0 spiro atoms. The van der Waals surface area contributed by atoms with E-state index in [1.165, 1.54) is 0 Å². The van der Waals surface area contributed by atoms with Crippen LogP contribution in [0.15, 0.2) is 40.4 Å². The van der Waals surface area contributed by atoms with Gasteiger partial charge in [-0.15, -0.1) is 0 Å². The van der Waals surface area contributed by atoms with Crippen molar-refractivity contribution in [2.75, 3.05) is 13.2 Å². The van der Waals surface area contributed by atoms with Gasteiger partial charge in [0.1, 0.15) is 18.1 Å². The van der Waals surface area contributed by atoms with Gasteiger partial charge in [0.25, 0.3) is 0 Å². The molecule has 5 nitrogen and oxygen atoms in total. The lowest BCUT2D eigenvalue weighted by molar-refractivity contribution is -0.137. The number of carbonyl (C=O) groups is 2. The fraction of sp³-hybridized carbons (Fsp3) is 0.273. The van der Waals surface area contributed by atoms with Gasteiger partial charge in [0, 0.05) is 17.3 Å². The molecule has 0 bridgehead atoms. The molecule has 1 N–H and O–H groups in total. The number of carboxylic acid groups (broad SMARTS) is 1. The van der Waals surface area contributed by atoms with E-state index in [-0.39, 0.29) is 18.8 Å². The first-order chi connectivity index (χ1) is 14.4. The number of hydrogen-bond acceptors (Lipinski definition) is 4. The Kier molecular flexibility index (Phi) is 7.97. The van der Waals surface area contributed by atoms with Crippen LogP contribution in [0.25, 0.3) is 6.08 Å². The summed E-state index contributed by atoms with van der Waals surface area (Å²) in [5, 5.41) is 9.77. The third-order valence-corrected chi connectivity index (χ3v) is 6.05. The fourth-order valence-electron chi connectivity index (χ4n) is 3.02. The molecule has 2 aromatic rings. The van der Waals surface area contributed by atoms with E-state index in [9.17, 15) is 9.59 Å². The molecule has 0 saturated carbocycles. The average Bonchev–Trinajstić information content (AvgIpc) is 2.71. The first-order valence-corrected chi connectivity index (χ1v) is 11.6. The van der Waals surface area contributed by atoms with Crippen LogP contribution in [0.5, 0.6) is 11.5 Å². The molecule has 3 rings (SSSR count). The maximum absolute atomic E-state index is 13.0. The van der Waals surface area contributed by atoms with E-state index < -0.39 is 5.97 Å². The zero-order chi connectivity index (χ0) is 21.7. The molecule has 158 valence electrons. The van der Waals surface area contributed by atoms with Crippen molar-refractivity contribution in [3.05, 3.63) is 62.1 Å². The number of unbranched alkanes of at least 4 members (excludes halogenated alkanes) is 1. The highest BCUT2D eigenvalue weighted by Gasteiger charge is 2.26. The number of ether oxygens (including phenoxy) is 2. The van der Waals surface area contributed by atoms with Gasteiger partial charge in [-0.05, 0) is 70.2 Å². The summed E-state index contributed by atoms with van der Waals surface area (Å²) in [6.45, 7) is 0.540. The smallest absolute Gasteiger partial charge is 0.303 e. The Bertz CT molecular complexity index is 1000. The molecular formula is C22H19Br2ClO5. The number of Topliss-reactive ketones (excluding diaryl/α,β-unsaturated/α-hetero) is 1. The molecule has 2 aromatic carbocycles. The Labute approximate surface area is 196 Å². The number of halogens is 3. The van der Waals surface area contributed by atoms with Crippen molar-refractivity contribution in [2.45, 2.75) is 24.6 Å². The zero-order valence-corrected chi connectivity index (χ0v) is 19.8. The fourth-order valence-corrected chi connectivity index (χ4v) is 4.14. The van der Waals surface area contributed by atoms with E-state index >= 15 is 0 Å². The van der Waals surface area contributed by atoms with Gasteiger partial charge in [-0.25, -0.2) is 0 Å². The van der Waals surface area contributed by atoms with Gasteiger partial charge in [0.05, 0.1) is 21.7 Å². The van der Waals surface area contributed by atoms with E-state index in [0.717, 1.165) is 15.6 Å². The Morgan fingerprint density at radius 1 is 1.27 bits per heavy atom. The monoisotopic (exact) mass is 556 g/mol. The largest absolute Gasteiger partial charge is 0.492 e. The molecule has 8 heteroatoms.